The molecule has 11 heteroatoms. The maximum Gasteiger partial charge on any atom is 0.431 e. The molecule has 1 aliphatic rings. The molecular formula is C19H13F4N5O2. The summed E-state index contributed by atoms with van der Waals surface area (Å²) in [6.07, 6.45) is -0.0222. The van der Waals surface area contributed by atoms with Crippen molar-refractivity contribution >= 4 is 11.7 Å². The predicted octanol–water partition coefficient (Wildman–Crippen LogP) is 4.24. The number of alkyl halides is 3. The number of anilines is 1. The van der Waals surface area contributed by atoms with E-state index in [1.807, 2.05) is 11.5 Å². The van der Waals surface area contributed by atoms with Gasteiger partial charge in [0.15, 0.2) is 5.82 Å². The fraction of sp³-hybridized carbons (Fsp3) is 0.105. The van der Waals surface area contributed by atoms with E-state index >= 15 is 0 Å². The van der Waals surface area contributed by atoms with Crippen molar-refractivity contribution < 1.29 is 27.1 Å². The van der Waals surface area contributed by atoms with Gasteiger partial charge in [-0.1, -0.05) is 12.2 Å². The van der Waals surface area contributed by atoms with Crippen LogP contribution in [0.15, 0.2) is 60.5 Å². The smallest absolute Gasteiger partial charge is 0.431 e. The third-order valence-corrected chi connectivity index (χ3v) is 3.83. The van der Waals surface area contributed by atoms with E-state index in [0.717, 1.165) is 12.1 Å². The van der Waals surface area contributed by atoms with Crippen LogP contribution in [0.2, 0.25) is 0 Å². The van der Waals surface area contributed by atoms with Gasteiger partial charge in [-0.25, -0.2) is 14.2 Å². The summed E-state index contributed by atoms with van der Waals surface area (Å²) in [5, 5.41) is 8.82. The van der Waals surface area contributed by atoms with Gasteiger partial charge in [-0.2, -0.15) is 18.4 Å². The first-order chi connectivity index (χ1) is 14.3. The molecule has 0 atom stereocenters. The largest absolute Gasteiger partial charge is 0.457 e. The Morgan fingerprint density at radius 1 is 1.23 bits per heavy atom. The Morgan fingerprint density at radius 2 is 2.00 bits per heavy atom. The van der Waals surface area contributed by atoms with Crippen molar-refractivity contribution in [3.8, 4) is 17.6 Å². The summed E-state index contributed by atoms with van der Waals surface area (Å²) in [7, 11) is 0. The number of aromatic nitrogens is 1. The normalized spacial score (nSPS) is 13.3. The molecule has 2 heterocycles. The van der Waals surface area contributed by atoms with E-state index in [0.29, 0.717) is 4.90 Å². The lowest BCUT2D eigenvalue weighted by atomic mass is 10.2. The van der Waals surface area contributed by atoms with Crippen molar-refractivity contribution in [2.75, 3.05) is 12.0 Å². The number of pyridine rings is 1. The van der Waals surface area contributed by atoms with Crippen molar-refractivity contribution in [2.45, 2.75) is 6.18 Å². The number of allylic oxidation sites excluding steroid dienone is 3. The van der Waals surface area contributed by atoms with Gasteiger partial charge in [0.05, 0.1) is 5.69 Å². The molecule has 2 aromatic rings. The SMILES string of the molecule is N#Cc1cc(Oc2ccc(NNC(=O)N3CC=CC=C3C(F)(F)F)c(F)c2)ccn1. The molecule has 1 aromatic heterocycles. The lowest BCUT2D eigenvalue weighted by Gasteiger charge is -2.27. The quantitative estimate of drug-likeness (QED) is 0.572. The second-order valence-corrected chi connectivity index (χ2v) is 5.88. The molecule has 0 saturated heterocycles. The molecule has 30 heavy (non-hydrogen) atoms. The van der Waals surface area contributed by atoms with Crippen molar-refractivity contribution in [1.29, 1.82) is 5.26 Å². The predicted molar refractivity (Wildman–Crippen MR) is 97.6 cm³/mol. The average molecular weight is 419 g/mol. The van der Waals surface area contributed by atoms with Gasteiger partial charge in [0.1, 0.15) is 29.0 Å². The molecular weight excluding hydrogens is 406 g/mol. The van der Waals surface area contributed by atoms with Crippen LogP contribution in [0.4, 0.5) is 28.0 Å². The average Bonchev–Trinajstić information content (AvgIpc) is 2.72. The number of halogens is 4. The van der Waals surface area contributed by atoms with Crippen LogP contribution in [0.1, 0.15) is 5.69 Å². The van der Waals surface area contributed by atoms with Gasteiger partial charge in [0.2, 0.25) is 0 Å². The number of nitrogens with zero attached hydrogens (tertiary/aromatic N) is 3. The molecule has 0 bridgehead atoms. The van der Waals surface area contributed by atoms with E-state index in [-0.39, 0.29) is 29.4 Å². The number of hydrogen-bond acceptors (Lipinski definition) is 5. The molecule has 0 unspecified atom stereocenters. The Morgan fingerprint density at radius 3 is 2.70 bits per heavy atom. The van der Waals surface area contributed by atoms with Crippen molar-refractivity contribution in [1.82, 2.24) is 15.3 Å². The van der Waals surface area contributed by atoms with Gasteiger partial charge >= 0.3 is 12.2 Å². The topological polar surface area (TPSA) is 90.3 Å². The molecule has 0 aliphatic carbocycles. The third kappa shape index (κ3) is 4.85. The van der Waals surface area contributed by atoms with E-state index in [4.69, 9.17) is 10.00 Å². The highest BCUT2D eigenvalue weighted by Gasteiger charge is 2.40. The first-order valence-corrected chi connectivity index (χ1v) is 8.39. The molecule has 1 aliphatic heterocycles. The van der Waals surface area contributed by atoms with Gasteiger partial charge in [-0.3, -0.25) is 15.8 Å². The summed E-state index contributed by atoms with van der Waals surface area (Å²) in [4.78, 5) is 16.4. The Kier molecular flexibility index (Phi) is 5.87. The summed E-state index contributed by atoms with van der Waals surface area (Å²) < 4.78 is 58.7. The highest BCUT2D eigenvalue weighted by Crippen LogP contribution is 2.30. The number of hydrogen-bond donors (Lipinski definition) is 2. The number of carbonyl (C=O) groups is 1. The molecule has 7 nitrogen and oxygen atoms in total. The Balaban J connectivity index is 1.65. The van der Waals surface area contributed by atoms with Crippen LogP contribution in [-0.4, -0.2) is 28.6 Å². The van der Waals surface area contributed by atoms with Crippen molar-refractivity contribution in [2.24, 2.45) is 0 Å². The molecule has 154 valence electrons. The highest BCUT2D eigenvalue weighted by molar-refractivity contribution is 5.78. The highest BCUT2D eigenvalue weighted by atomic mass is 19.4. The summed E-state index contributed by atoms with van der Waals surface area (Å²) in [5.41, 5.74) is 3.08. The van der Waals surface area contributed by atoms with Gasteiger partial charge in [0, 0.05) is 24.9 Å². The van der Waals surface area contributed by atoms with E-state index < -0.39 is 23.7 Å². The molecule has 0 spiro atoms. The minimum Gasteiger partial charge on any atom is -0.457 e. The molecule has 0 radical (unpaired) electrons. The van der Waals surface area contributed by atoms with E-state index in [1.54, 1.807) is 0 Å². The summed E-state index contributed by atoms with van der Waals surface area (Å²) >= 11 is 0. The zero-order chi connectivity index (χ0) is 21.7. The minimum absolute atomic E-state index is 0.0999. The number of ether oxygens (including phenoxy) is 1. The zero-order valence-corrected chi connectivity index (χ0v) is 15.1. The van der Waals surface area contributed by atoms with Crippen LogP contribution in [0.3, 0.4) is 0 Å². The molecule has 0 saturated carbocycles. The first kappa shape index (κ1) is 20.7. The van der Waals surface area contributed by atoms with Crippen LogP contribution < -0.4 is 15.6 Å². The number of rotatable bonds is 4. The number of nitriles is 1. The monoisotopic (exact) mass is 419 g/mol. The number of nitrogens with one attached hydrogen (secondary N) is 2. The summed E-state index contributed by atoms with van der Waals surface area (Å²) in [6, 6.07) is 7.18. The van der Waals surface area contributed by atoms with E-state index in [9.17, 15) is 22.4 Å². The van der Waals surface area contributed by atoms with Gasteiger partial charge in [0.25, 0.3) is 0 Å². The molecule has 3 rings (SSSR count). The number of carbonyl (C=O) groups excluding carboxylic acids is 1. The number of urea groups is 1. The lowest BCUT2D eigenvalue weighted by molar-refractivity contribution is -0.107. The first-order valence-electron chi connectivity index (χ1n) is 8.39. The van der Waals surface area contributed by atoms with Crippen LogP contribution in [0.25, 0.3) is 0 Å². The Labute approximate surface area is 167 Å². The standard InChI is InChI=1S/C19H13F4N5O2/c20-15-10-13(30-14-6-7-25-12(9-14)11-24)4-5-16(15)26-27-18(29)28-8-2-1-3-17(28)19(21,22)23/h1-7,9-10,26H,8H2,(H,27,29). The van der Waals surface area contributed by atoms with E-state index in [1.165, 1.54) is 42.6 Å². The fourth-order valence-electron chi connectivity index (χ4n) is 2.47. The number of hydrazine groups is 1. The van der Waals surface area contributed by atoms with Crippen LogP contribution >= 0.6 is 0 Å². The van der Waals surface area contributed by atoms with Crippen molar-refractivity contribution in [3.05, 3.63) is 72.0 Å². The third-order valence-electron chi connectivity index (χ3n) is 3.83. The second-order valence-electron chi connectivity index (χ2n) is 5.88. The summed E-state index contributed by atoms with van der Waals surface area (Å²) in [5.74, 6) is -0.463. The second kappa shape index (κ2) is 8.52. The van der Waals surface area contributed by atoms with Crippen LogP contribution in [0, 0.1) is 17.1 Å². The van der Waals surface area contributed by atoms with Crippen molar-refractivity contribution in [3.63, 3.8) is 0 Å². The maximum absolute atomic E-state index is 14.3. The number of amides is 2. The lowest BCUT2D eigenvalue weighted by Crippen LogP contribution is -2.46. The fourth-order valence-corrected chi connectivity index (χ4v) is 2.47. The molecule has 2 N–H and O–H groups in total. The zero-order valence-electron chi connectivity index (χ0n) is 15.1. The van der Waals surface area contributed by atoms with Gasteiger partial charge < -0.3 is 4.74 Å². The van der Waals surface area contributed by atoms with E-state index in [2.05, 4.69) is 10.4 Å². The van der Waals surface area contributed by atoms with Gasteiger partial charge in [-0.05, 0) is 24.3 Å². The minimum atomic E-state index is -4.72. The van der Waals surface area contributed by atoms with Crippen LogP contribution in [-0.2, 0) is 0 Å². The Bertz CT molecular complexity index is 1060. The summed E-state index contributed by atoms with van der Waals surface area (Å²) in [6.45, 7) is -0.287. The molecule has 1 aromatic carbocycles. The van der Waals surface area contributed by atoms with Crippen LogP contribution in [0.5, 0.6) is 11.5 Å². The maximum atomic E-state index is 14.3. The Hall–Kier alpha value is -4.07. The molecule has 0 fully saturated rings. The molecule has 2 amide bonds. The van der Waals surface area contributed by atoms with Gasteiger partial charge in [-0.15, -0.1) is 0 Å². The number of benzene rings is 1.